The van der Waals surface area contributed by atoms with E-state index in [2.05, 4.69) is 5.32 Å². The van der Waals surface area contributed by atoms with Crippen LogP contribution in [0.4, 0.5) is 0 Å². The van der Waals surface area contributed by atoms with E-state index in [0.29, 0.717) is 30.7 Å². The van der Waals surface area contributed by atoms with Gasteiger partial charge >= 0.3 is 7.12 Å². The van der Waals surface area contributed by atoms with E-state index >= 15 is 0 Å². The predicted molar refractivity (Wildman–Crippen MR) is 74.5 cm³/mol. The molecule has 0 heterocycles. The molecule has 2 N–H and O–H groups in total. The van der Waals surface area contributed by atoms with Gasteiger partial charge in [0.2, 0.25) is 5.91 Å². The number of rotatable bonds is 7. The van der Waals surface area contributed by atoms with Gasteiger partial charge < -0.3 is 19.7 Å². The van der Waals surface area contributed by atoms with Gasteiger partial charge in [-0.1, -0.05) is 13.0 Å². The average molecular weight is 265 g/mol. The van der Waals surface area contributed by atoms with Crippen molar-refractivity contribution in [3.63, 3.8) is 0 Å². The van der Waals surface area contributed by atoms with Gasteiger partial charge in [-0.15, -0.1) is 0 Å². The van der Waals surface area contributed by atoms with Crippen LogP contribution in [0.25, 0.3) is 0 Å². The molecule has 0 aliphatic carbocycles. The maximum atomic E-state index is 11.2. The second-order valence-corrected chi connectivity index (χ2v) is 4.14. The summed E-state index contributed by atoms with van der Waals surface area (Å²) in [5, 5.41) is 12.1. The lowest BCUT2D eigenvalue weighted by Crippen LogP contribution is -2.20. The number of carbonyl (C=O) groups is 1. The molecule has 1 aromatic carbocycles. The average Bonchev–Trinajstić information content (AvgIpc) is 2.45. The number of methoxy groups -OCH3 is 1. The standard InChI is InChI=1S/C13H20BNO4/c1-4-14(17)19-11-7-5-10(9-12(11)18-3)6-8-13(16)15-2/h5,7,9,17H,4,6,8H2,1-3H3,(H,15,16). The summed E-state index contributed by atoms with van der Waals surface area (Å²) >= 11 is 0. The third-order valence-electron chi connectivity index (χ3n) is 2.76. The van der Waals surface area contributed by atoms with E-state index < -0.39 is 7.12 Å². The van der Waals surface area contributed by atoms with E-state index in [-0.39, 0.29) is 5.91 Å². The van der Waals surface area contributed by atoms with Crippen molar-refractivity contribution < 1.29 is 19.2 Å². The van der Waals surface area contributed by atoms with Crippen molar-refractivity contribution in [3.8, 4) is 11.5 Å². The summed E-state index contributed by atoms with van der Waals surface area (Å²) in [7, 11) is 2.32. The van der Waals surface area contributed by atoms with Crippen LogP contribution in [-0.4, -0.2) is 32.2 Å². The SMILES string of the molecule is CCB(O)Oc1ccc(CCC(=O)NC)cc1OC. The van der Waals surface area contributed by atoms with Crippen molar-refractivity contribution in [2.75, 3.05) is 14.2 Å². The summed E-state index contributed by atoms with van der Waals surface area (Å²) in [6.45, 7) is 1.83. The zero-order valence-corrected chi connectivity index (χ0v) is 11.6. The lowest BCUT2D eigenvalue weighted by Gasteiger charge is -2.13. The van der Waals surface area contributed by atoms with E-state index in [1.807, 2.05) is 19.1 Å². The molecule has 6 heteroatoms. The first kappa shape index (κ1) is 15.4. The maximum Gasteiger partial charge on any atom is 0.522 e. The lowest BCUT2D eigenvalue weighted by molar-refractivity contribution is -0.120. The molecule has 0 saturated heterocycles. The second-order valence-electron chi connectivity index (χ2n) is 4.14. The van der Waals surface area contributed by atoms with Crippen molar-refractivity contribution in [2.45, 2.75) is 26.1 Å². The quantitative estimate of drug-likeness (QED) is 0.728. The smallest absolute Gasteiger partial charge is 0.522 e. The predicted octanol–water partition coefficient (Wildman–Crippen LogP) is 1.25. The Balaban J connectivity index is 2.74. The molecule has 0 aliphatic heterocycles. The van der Waals surface area contributed by atoms with Crippen LogP contribution >= 0.6 is 0 Å². The van der Waals surface area contributed by atoms with E-state index in [4.69, 9.17) is 9.39 Å². The molecular formula is C13H20BNO4. The van der Waals surface area contributed by atoms with Crippen LogP contribution in [0.1, 0.15) is 18.9 Å². The Morgan fingerprint density at radius 1 is 1.42 bits per heavy atom. The Labute approximate surface area is 114 Å². The number of amides is 1. The van der Waals surface area contributed by atoms with Crippen molar-refractivity contribution in [1.82, 2.24) is 5.32 Å². The van der Waals surface area contributed by atoms with Crippen LogP contribution in [0.3, 0.4) is 0 Å². The number of benzene rings is 1. The third-order valence-corrected chi connectivity index (χ3v) is 2.76. The molecule has 0 atom stereocenters. The number of hydrogen-bond donors (Lipinski definition) is 2. The van der Waals surface area contributed by atoms with Crippen molar-refractivity contribution in [2.24, 2.45) is 0 Å². The van der Waals surface area contributed by atoms with Gasteiger partial charge in [0.25, 0.3) is 0 Å². The van der Waals surface area contributed by atoms with Gasteiger partial charge in [-0.3, -0.25) is 4.79 Å². The molecular weight excluding hydrogens is 245 g/mol. The van der Waals surface area contributed by atoms with Gasteiger partial charge in [-0.2, -0.15) is 0 Å². The molecule has 0 bridgehead atoms. The molecule has 104 valence electrons. The number of carbonyl (C=O) groups excluding carboxylic acids is 1. The molecule has 1 amide bonds. The Kier molecular flexibility index (Phi) is 6.22. The van der Waals surface area contributed by atoms with Crippen LogP contribution in [0.2, 0.25) is 6.32 Å². The first-order valence-electron chi connectivity index (χ1n) is 6.33. The van der Waals surface area contributed by atoms with Crippen LogP contribution in [0, 0.1) is 0 Å². The van der Waals surface area contributed by atoms with Gasteiger partial charge in [-0.25, -0.2) is 0 Å². The monoisotopic (exact) mass is 265 g/mol. The minimum absolute atomic E-state index is 0.000647. The maximum absolute atomic E-state index is 11.2. The molecule has 0 unspecified atom stereocenters. The highest BCUT2D eigenvalue weighted by Gasteiger charge is 2.15. The van der Waals surface area contributed by atoms with Gasteiger partial charge in [-0.05, 0) is 30.4 Å². The summed E-state index contributed by atoms with van der Waals surface area (Å²) in [6.07, 6.45) is 1.56. The summed E-state index contributed by atoms with van der Waals surface area (Å²) in [4.78, 5) is 11.2. The highest BCUT2D eigenvalue weighted by atomic mass is 16.5. The molecule has 0 aliphatic rings. The van der Waals surface area contributed by atoms with Crippen LogP contribution in [-0.2, 0) is 11.2 Å². The summed E-state index contributed by atoms with van der Waals surface area (Å²) in [6, 6.07) is 5.43. The summed E-state index contributed by atoms with van der Waals surface area (Å²) < 4.78 is 10.6. The van der Waals surface area contributed by atoms with Crippen molar-refractivity contribution in [1.29, 1.82) is 0 Å². The van der Waals surface area contributed by atoms with Gasteiger partial charge in [0.05, 0.1) is 7.11 Å². The van der Waals surface area contributed by atoms with Crippen LogP contribution in [0.5, 0.6) is 11.5 Å². The fourth-order valence-electron chi connectivity index (χ4n) is 1.58. The minimum atomic E-state index is -0.842. The Hall–Kier alpha value is -1.69. The third kappa shape index (κ3) is 4.83. The molecule has 1 aromatic rings. The van der Waals surface area contributed by atoms with E-state index in [9.17, 15) is 9.82 Å². The number of aryl methyl sites for hydroxylation is 1. The normalized spacial score (nSPS) is 9.89. The molecule has 19 heavy (non-hydrogen) atoms. The first-order chi connectivity index (χ1) is 9.10. The van der Waals surface area contributed by atoms with Crippen molar-refractivity contribution in [3.05, 3.63) is 23.8 Å². The number of hydrogen-bond acceptors (Lipinski definition) is 4. The number of ether oxygens (including phenoxy) is 1. The lowest BCUT2D eigenvalue weighted by atomic mass is 9.87. The molecule has 1 rings (SSSR count). The fourth-order valence-corrected chi connectivity index (χ4v) is 1.58. The second kappa shape index (κ2) is 7.68. The first-order valence-corrected chi connectivity index (χ1v) is 6.33. The summed E-state index contributed by atoms with van der Waals surface area (Å²) in [5.41, 5.74) is 0.985. The van der Waals surface area contributed by atoms with Crippen LogP contribution < -0.4 is 14.7 Å². The highest BCUT2D eigenvalue weighted by Crippen LogP contribution is 2.29. The Morgan fingerprint density at radius 2 is 2.16 bits per heavy atom. The van der Waals surface area contributed by atoms with E-state index in [1.54, 1.807) is 20.2 Å². The molecule has 0 spiro atoms. The van der Waals surface area contributed by atoms with E-state index in [1.165, 1.54) is 0 Å². The molecule has 0 radical (unpaired) electrons. The van der Waals surface area contributed by atoms with Crippen LogP contribution in [0.15, 0.2) is 18.2 Å². The summed E-state index contributed by atoms with van der Waals surface area (Å²) in [5.74, 6) is 1.06. The van der Waals surface area contributed by atoms with E-state index in [0.717, 1.165) is 5.56 Å². The Bertz CT molecular complexity index is 425. The molecule has 0 aromatic heterocycles. The molecule has 0 fully saturated rings. The van der Waals surface area contributed by atoms with Gasteiger partial charge in [0.15, 0.2) is 5.75 Å². The Morgan fingerprint density at radius 3 is 2.74 bits per heavy atom. The van der Waals surface area contributed by atoms with Crippen molar-refractivity contribution >= 4 is 13.0 Å². The fraction of sp³-hybridized carbons (Fsp3) is 0.462. The number of nitrogens with one attached hydrogen (secondary N) is 1. The zero-order chi connectivity index (χ0) is 14.3. The largest absolute Gasteiger partial charge is 0.533 e. The van der Waals surface area contributed by atoms with Gasteiger partial charge in [0.1, 0.15) is 5.75 Å². The molecule has 5 nitrogen and oxygen atoms in total. The minimum Gasteiger partial charge on any atom is -0.533 e. The molecule has 0 saturated carbocycles. The highest BCUT2D eigenvalue weighted by molar-refractivity contribution is 6.43. The zero-order valence-electron chi connectivity index (χ0n) is 11.6. The van der Waals surface area contributed by atoms with Gasteiger partial charge in [0, 0.05) is 13.5 Å². The topological polar surface area (TPSA) is 67.8 Å².